The molecule has 1 rings (SSSR count). The van der Waals surface area contributed by atoms with E-state index < -0.39 is 11.9 Å². The van der Waals surface area contributed by atoms with E-state index >= 15 is 0 Å². The van der Waals surface area contributed by atoms with E-state index in [2.05, 4.69) is 9.97 Å². The van der Waals surface area contributed by atoms with Crippen molar-refractivity contribution in [2.24, 2.45) is 0 Å². The van der Waals surface area contributed by atoms with Crippen LogP contribution in [-0.2, 0) is 11.2 Å². The first-order chi connectivity index (χ1) is 5.20. The summed E-state index contributed by atoms with van der Waals surface area (Å²) in [6.45, 7) is 0. The molecule has 0 aliphatic heterocycles. The van der Waals surface area contributed by atoms with Crippen molar-refractivity contribution in [2.75, 3.05) is 0 Å². The van der Waals surface area contributed by atoms with Gasteiger partial charge in [-0.2, -0.15) is 4.39 Å². The van der Waals surface area contributed by atoms with Crippen LogP contribution in [0, 0.1) is 5.95 Å². The fourth-order valence-electron chi connectivity index (χ4n) is 0.625. The summed E-state index contributed by atoms with van der Waals surface area (Å²) in [6, 6.07) is 0. The number of aliphatic carboxylic acids is 1. The maximum atomic E-state index is 12.5. The van der Waals surface area contributed by atoms with Gasteiger partial charge >= 0.3 is 5.97 Å². The Hall–Kier alpha value is -1.52. The van der Waals surface area contributed by atoms with Crippen LogP contribution in [0.4, 0.5) is 4.39 Å². The Morgan fingerprint density at radius 1 is 1.73 bits per heavy atom. The van der Waals surface area contributed by atoms with Crippen LogP contribution in [0.2, 0.25) is 0 Å². The van der Waals surface area contributed by atoms with Gasteiger partial charge in [0.2, 0.25) is 5.95 Å². The molecule has 0 saturated carbocycles. The van der Waals surface area contributed by atoms with E-state index in [4.69, 9.17) is 5.11 Å². The molecule has 0 fully saturated rings. The summed E-state index contributed by atoms with van der Waals surface area (Å²) in [5.74, 6) is -1.87. The minimum absolute atomic E-state index is 0.000000000000000222. The lowest BCUT2D eigenvalue weighted by Gasteiger charge is -1.94. The molecule has 0 amide bonds. The molecule has 58 valence electrons. The maximum absolute atomic E-state index is 12.5. The van der Waals surface area contributed by atoms with Gasteiger partial charge in [0.15, 0.2) is 0 Å². The minimum Gasteiger partial charge on any atom is -0.481 e. The van der Waals surface area contributed by atoms with E-state index in [0.29, 0.717) is 0 Å². The summed E-state index contributed by atoms with van der Waals surface area (Å²) in [5, 5.41) is 8.27. The minimum atomic E-state index is -1.10. The normalized spacial score (nSPS) is 9.55. The van der Waals surface area contributed by atoms with Gasteiger partial charge in [-0.15, -0.1) is 0 Å². The summed E-state index contributed by atoms with van der Waals surface area (Å²) in [7, 11) is 0. The fourth-order valence-corrected chi connectivity index (χ4v) is 0.625. The van der Waals surface area contributed by atoms with Crippen molar-refractivity contribution in [1.82, 2.24) is 9.97 Å². The summed E-state index contributed by atoms with van der Waals surface area (Å²) >= 11 is 0. The molecule has 0 aromatic carbocycles. The van der Waals surface area contributed by atoms with Gasteiger partial charge in [-0.05, 0) is 0 Å². The molecule has 0 aliphatic rings. The lowest BCUT2D eigenvalue weighted by atomic mass is 10.2. The molecule has 4 nitrogen and oxygen atoms in total. The molecule has 0 bridgehead atoms. The van der Waals surface area contributed by atoms with Gasteiger partial charge in [0.25, 0.3) is 0 Å². The molecule has 0 saturated heterocycles. The van der Waals surface area contributed by atoms with Crippen LogP contribution in [0.5, 0.6) is 0 Å². The first kappa shape index (κ1) is 7.59. The van der Waals surface area contributed by atoms with Gasteiger partial charge < -0.3 is 5.11 Å². The molecule has 0 aliphatic carbocycles. The Morgan fingerprint density at radius 3 is 3.00 bits per heavy atom. The Morgan fingerprint density at radius 2 is 2.45 bits per heavy atom. The van der Waals surface area contributed by atoms with Crippen LogP contribution >= 0.6 is 0 Å². The van der Waals surface area contributed by atoms with Crippen LogP contribution in [0.25, 0.3) is 0 Å². The molecule has 5 heteroatoms. The molecule has 0 atom stereocenters. The summed E-state index contributed by atoms with van der Waals surface area (Å²) in [6.07, 6.45) is 1.80. The van der Waals surface area contributed by atoms with Crippen molar-refractivity contribution >= 4 is 5.97 Å². The average Bonchev–Trinajstić information content (AvgIpc) is 1.93. The van der Waals surface area contributed by atoms with Crippen LogP contribution in [0.3, 0.4) is 0 Å². The van der Waals surface area contributed by atoms with Gasteiger partial charge in [0.05, 0.1) is 6.42 Å². The van der Waals surface area contributed by atoms with Crippen molar-refractivity contribution in [3.05, 3.63) is 24.0 Å². The Bertz CT molecular complexity index is 277. The highest BCUT2D eigenvalue weighted by molar-refractivity contribution is 5.69. The third kappa shape index (κ3) is 1.96. The van der Waals surface area contributed by atoms with Crippen molar-refractivity contribution in [3.63, 3.8) is 0 Å². The number of carboxylic acid groups (broad SMARTS) is 1. The number of carbonyl (C=O) groups is 1. The van der Waals surface area contributed by atoms with E-state index in [9.17, 15) is 9.18 Å². The number of rotatable bonds is 2. The second kappa shape index (κ2) is 3.05. The molecular weight excluding hydrogens is 151 g/mol. The first-order valence-corrected chi connectivity index (χ1v) is 2.86. The zero-order valence-corrected chi connectivity index (χ0v) is 5.49. The summed E-state index contributed by atoms with van der Waals surface area (Å²) in [5.41, 5.74) is 0.000000000000000222. The number of hydrogen-bond donors (Lipinski definition) is 1. The Balaban J connectivity index is 2.86. The van der Waals surface area contributed by atoms with Crippen molar-refractivity contribution in [3.8, 4) is 0 Å². The van der Waals surface area contributed by atoms with Gasteiger partial charge in [-0.3, -0.25) is 4.79 Å². The van der Waals surface area contributed by atoms with Crippen LogP contribution in [-0.4, -0.2) is 21.0 Å². The third-order valence-electron chi connectivity index (χ3n) is 1.07. The quantitative estimate of drug-likeness (QED) is 0.623. The highest BCUT2D eigenvalue weighted by Gasteiger charge is 2.06. The topological polar surface area (TPSA) is 63.1 Å². The fraction of sp³-hybridized carbons (Fsp3) is 0.167. The average molecular weight is 156 g/mol. The zero-order chi connectivity index (χ0) is 8.27. The summed E-state index contributed by atoms with van der Waals surface area (Å²) < 4.78 is 12.5. The third-order valence-corrected chi connectivity index (χ3v) is 1.07. The lowest BCUT2D eigenvalue weighted by molar-refractivity contribution is -0.136. The number of halogens is 1. The van der Waals surface area contributed by atoms with E-state index in [-0.39, 0.29) is 12.0 Å². The summed E-state index contributed by atoms with van der Waals surface area (Å²) in [4.78, 5) is 16.8. The zero-order valence-electron chi connectivity index (χ0n) is 5.49. The van der Waals surface area contributed by atoms with Gasteiger partial charge in [-0.1, -0.05) is 0 Å². The van der Waals surface area contributed by atoms with Gasteiger partial charge in [-0.25, -0.2) is 9.97 Å². The van der Waals surface area contributed by atoms with E-state index in [0.717, 1.165) is 12.5 Å². The number of nitrogens with zero attached hydrogens (tertiary/aromatic N) is 2. The number of carboxylic acids is 1. The molecule has 0 spiro atoms. The monoisotopic (exact) mass is 156 g/mol. The molecule has 0 radical (unpaired) electrons. The highest BCUT2D eigenvalue weighted by Crippen LogP contribution is 2.01. The van der Waals surface area contributed by atoms with Crippen LogP contribution < -0.4 is 0 Å². The molecule has 11 heavy (non-hydrogen) atoms. The number of hydrogen-bond acceptors (Lipinski definition) is 3. The maximum Gasteiger partial charge on any atom is 0.308 e. The van der Waals surface area contributed by atoms with Crippen molar-refractivity contribution < 1.29 is 14.3 Å². The molecule has 1 N–H and O–H groups in total. The second-order valence-corrected chi connectivity index (χ2v) is 1.91. The largest absolute Gasteiger partial charge is 0.481 e. The van der Waals surface area contributed by atoms with E-state index in [1.807, 2.05) is 0 Å². The van der Waals surface area contributed by atoms with E-state index in [1.54, 1.807) is 0 Å². The standard InChI is InChI=1S/C6H5FN2O2/c7-6-4(1-5(10)11)2-8-3-9-6/h2-3H,1H2,(H,10,11). The van der Waals surface area contributed by atoms with Gasteiger partial charge in [0.1, 0.15) is 6.33 Å². The molecular formula is C6H5FN2O2. The molecule has 1 aromatic rings. The molecule has 1 heterocycles. The Labute approximate surface area is 61.7 Å². The predicted molar refractivity (Wildman–Crippen MR) is 33.3 cm³/mol. The lowest BCUT2D eigenvalue weighted by Crippen LogP contribution is -2.04. The SMILES string of the molecule is O=C(O)Cc1cncnc1F. The van der Waals surface area contributed by atoms with Crippen LogP contribution in [0.1, 0.15) is 5.56 Å². The van der Waals surface area contributed by atoms with Crippen molar-refractivity contribution in [1.29, 1.82) is 0 Å². The first-order valence-electron chi connectivity index (χ1n) is 2.86. The van der Waals surface area contributed by atoms with E-state index in [1.165, 1.54) is 0 Å². The number of aromatic nitrogens is 2. The Kier molecular flexibility index (Phi) is 2.10. The second-order valence-electron chi connectivity index (χ2n) is 1.91. The molecule has 1 aromatic heterocycles. The highest BCUT2D eigenvalue weighted by atomic mass is 19.1. The van der Waals surface area contributed by atoms with Crippen LogP contribution in [0.15, 0.2) is 12.5 Å². The predicted octanol–water partition coefficient (Wildman–Crippen LogP) is 0.243. The van der Waals surface area contributed by atoms with Crippen molar-refractivity contribution in [2.45, 2.75) is 6.42 Å². The van der Waals surface area contributed by atoms with Gasteiger partial charge in [0, 0.05) is 11.8 Å². The molecule has 0 unspecified atom stereocenters. The smallest absolute Gasteiger partial charge is 0.308 e.